The molecule has 4 nitrogen and oxygen atoms in total. The number of nitrogens with zero attached hydrogens (tertiary/aromatic N) is 3. The predicted molar refractivity (Wildman–Crippen MR) is 175 cm³/mol. The van der Waals surface area contributed by atoms with Crippen molar-refractivity contribution in [3.8, 4) is 61.8 Å². The number of ether oxygens (including phenoxy) is 1. The van der Waals surface area contributed by atoms with Crippen molar-refractivity contribution in [1.29, 1.82) is 0 Å². The summed E-state index contributed by atoms with van der Waals surface area (Å²) in [6, 6.07) is 43.6. The molecule has 3 aliphatic rings. The molecule has 4 heteroatoms. The molecule has 1 atom stereocenters. The van der Waals surface area contributed by atoms with Crippen molar-refractivity contribution in [3.05, 3.63) is 162 Å². The Balaban J connectivity index is 1.29. The fourth-order valence-electron chi connectivity index (χ4n) is 8.25. The highest BCUT2D eigenvalue weighted by Crippen LogP contribution is 2.57. The SMILES string of the molecule is Cc1cc(-c2ccccc2)cc(C)c1-c1ccc2[n+](c1)C13c4c(cccc4-n4ccc[n+]41)Oc1ccc(-c4ccccc4)c-2c13. The third kappa shape index (κ3) is 3.06. The van der Waals surface area contributed by atoms with E-state index >= 15 is 0 Å². The first-order valence-corrected chi connectivity index (χ1v) is 15.5. The molecule has 0 saturated carbocycles. The second kappa shape index (κ2) is 8.67. The normalized spacial score (nSPS) is 16.0. The zero-order valence-electron chi connectivity index (χ0n) is 25.0. The summed E-state index contributed by atoms with van der Waals surface area (Å²) in [6.45, 7) is 4.48. The maximum absolute atomic E-state index is 6.75. The Morgan fingerprint density at radius 3 is 2.11 bits per heavy atom. The Morgan fingerprint density at radius 2 is 1.33 bits per heavy atom. The van der Waals surface area contributed by atoms with Gasteiger partial charge < -0.3 is 4.74 Å². The van der Waals surface area contributed by atoms with Crippen LogP contribution in [0.2, 0.25) is 0 Å². The molecule has 0 N–H and O–H groups in total. The van der Waals surface area contributed by atoms with Crippen LogP contribution in [0.15, 0.2) is 140 Å². The molecule has 0 radical (unpaired) electrons. The van der Waals surface area contributed by atoms with Gasteiger partial charge in [0.15, 0.2) is 17.3 Å². The maximum atomic E-state index is 6.75. The molecule has 1 unspecified atom stereocenters. The van der Waals surface area contributed by atoms with Crippen molar-refractivity contribution in [2.24, 2.45) is 0 Å². The van der Waals surface area contributed by atoms with Crippen LogP contribution in [0.1, 0.15) is 22.3 Å². The van der Waals surface area contributed by atoms with Crippen molar-refractivity contribution in [2.45, 2.75) is 19.5 Å². The van der Waals surface area contributed by atoms with Crippen LogP contribution in [0.5, 0.6) is 11.5 Å². The molecule has 212 valence electrons. The number of aryl methyl sites for hydroxylation is 2. The van der Waals surface area contributed by atoms with Crippen LogP contribution in [-0.2, 0) is 5.66 Å². The summed E-state index contributed by atoms with van der Waals surface area (Å²) in [7, 11) is 0. The summed E-state index contributed by atoms with van der Waals surface area (Å²) >= 11 is 0. The fraction of sp³-hybridized carbons (Fsp3) is 0.0732. The molecule has 0 aliphatic carbocycles. The van der Waals surface area contributed by atoms with Crippen LogP contribution in [0, 0.1) is 13.8 Å². The predicted octanol–water partition coefficient (Wildman–Crippen LogP) is 8.37. The highest BCUT2D eigenvalue weighted by Gasteiger charge is 2.72. The van der Waals surface area contributed by atoms with Crippen LogP contribution in [-0.4, -0.2) is 4.68 Å². The number of fused-ring (bicyclic) bond motifs is 4. The van der Waals surface area contributed by atoms with Crippen molar-refractivity contribution in [3.63, 3.8) is 0 Å². The highest BCUT2D eigenvalue weighted by molar-refractivity contribution is 5.89. The van der Waals surface area contributed by atoms with E-state index in [9.17, 15) is 0 Å². The van der Waals surface area contributed by atoms with Crippen LogP contribution >= 0.6 is 0 Å². The monoisotopic (exact) mass is 579 g/mol. The van der Waals surface area contributed by atoms with Gasteiger partial charge in [-0.15, -0.1) is 9.25 Å². The number of rotatable bonds is 3. The van der Waals surface area contributed by atoms with E-state index in [-0.39, 0.29) is 0 Å². The van der Waals surface area contributed by atoms with Gasteiger partial charge in [0.05, 0.1) is 11.8 Å². The van der Waals surface area contributed by atoms with Gasteiger partial charge in [-0.2, -0.15) is 0 Å². The van der Waals surface area contributed by atoms with Crippen molar-refractivity contribution >= 4 is 0 Å². The lowest BCUT2D eigenvalue weighted by Gasteiger charge is -2.24. The Morgan fingerprint density at radius 1 is 0.600 bits per heavy atom. The minimum atomic E-state index is -0.625. The average molecular weight is 580 g/mol. The summed E-state index contributed by atoms with van der Waals surface area (Å²) < 4.78 is 13.9. The van der Waals surface area contributed by atoms with Gasteiger partial charge in [0.1, 0.15) is 17.2 Å². The van der Waals surface area contributed by atoms with E-state index in [1.807, 2.05) is 0 Å². The molecule has 10 rings (SSSR count). The summed E-state index contributed by atoms with van der Waals surface area (Å²) in [6.07, 6.45) is 6.74. The van der Waals surface area contributed by atoms with Gasteiger partial charge in [0.2, 0.25) is 11.9 Å². The van der Waals surface area contributed by atoms with Gasteiger partial charge in [0.25, 0.3) is 0 Å². The molecule has 3 aliphatic heterocycles. The molecule has 5 aromatic carbocycles. The smallest absolute Gasteiger partial charge is 0.447 e. The van der Waals surface area contributed by atoms with E-state index in [0.29, 0.717) is 0 Å². The largest absolute Gasteiger partial charge is 0.455 e. The average Bonchev–Trinajstić information content (AvgIpc) is 3.75. The van der Waals surface area contributed by atoms with Gasteiger partial charge in [0, 0.05) is 17.7 Å². The Hall–Kier alpha value is -5.74. The fourth-order valence-corrected chi connectivity index (χ4v) is 8.25. The highest BCUT2D eigenvalue weighted by atomic mass is 16.5. The third-order valence-electron chi connectivity index (χ3n) is 9.92. The molecule has 0 amide bonds. The molecule has 0 fully saturated rings. The van der Waals surface area contributed by atoms with Crippen molar-refractivity contribution in [2.75, 3.05) is 0 Å². The lowest BCUT2D eigenvalue weighted by atomic mass is 9.84. The minimum Gasteiger partial charge on any atom is -0.455 e. The second-order valence-electron chi connectivity index (χ2n) is 12.4. The van der Waals surface area contributed by atoms with E-state index in [0.717, 1.165) is 17.2 Å². The lowest BCUT2D eigenvalue weighted by molar-refractivity contribution is -0.987. The maximum Gasteiger partial charge on any atom is 0.447 e. The van der Waals surface area contributed by atoms with Gasteiger partial charge in [-0.1, -0.05) is 78.9 Å². The summed E-state index contributed by atoms with van der Waals surface area (Å²) in [5.74, 6) is 1.81. The zero-order chi connectivity index (χ0) is 29.9. The van der Waals surface area contributed by atoms with E-state index in [1.165, 1.54) is 66.9 Å². The molecule has 1 spiro atoms. The third-order valence-corrected chi connectivity index (χ3v) is 9.92. The first kappa shape index (κ1) is 24.7. The molecular formula is C41H29N3O+2. The van der Waals surface area contributed by atoms with Gasteiger partial charge in [-0.05, 0) is 87.8 Å². The molecular weight excluding hydrogens is 550 g/mol. The van der Waals surface area contributed by atoms with Gasteiger partial charge in [-0.3, -0.25) is 0 Å². The Bertz CT molecular complexity index is 2350. The summed E-state index contributed by atoms with van der Waals surface area (Å²) in [5, 5.41) is 0. The van der Waals surface area contributed by atoms with Crippen molar-refractivity contribution in [1.82, 2.24) is 4.68 Å². The van der Waals surface area contributed by atoms with E-state index < -0.39 is 5.66 Å². The Labute approximate surface area is 261 Å². The number of pyridine rings is 1. The van der Waals surface area contributed by atoms with E-state index in [2.05, 4.69) is 168 Å². The number of aromatic nitrogens is 3. The first-order chi connectivity index (χ1) is 22.1. The molecule has 5 heterocycles. The number of hydrogen-bond donors (Lipinski definition) is 0. The second-order valence-corrected chi connectivity index (χ2v) is 12.4. The van der Waals surface area contributed by atoms with Crippen LogP contribution in [0.4, 0.5) is 0 Å². The van der Waals surface area contributed by atoms with E-state index in [1.54, 1.807) is 0 Å². The van der Waals surface area contributed by atoms with Crippen LogP contribution in [0.3, 0.4) is 0 Å². The van der Waals surface area contributed by atoms with E-state index in [4.69, 9.17) is 4.74 Å². The van der Waals surface area contributed by atoms with Gasteiger partial charge in [-0.25, -0.2) is 0 Å². The summed E-state index contributed by atoms with van der Waals surface area (Å²) in [5.41, 5.74) is 15.2. The number of hydrogen-bond acceptors (Lipinski definition) is 1. The van der Waals surface area contributed by atoms with Crippen LogP contribution < -0.4 is 14.0 Å². The molecule has 45 heavy (non-hydrogen) atoms. The number of benzene rings is 5. The van der Waals surface area contributed by atoms with Crippen molar-refractivity contribution < 1.29 is 14.0 Å². The minimum absolute atomic E-state index is 0.625. The lowest BCUT2D eigenvalue weighted by Crippen LogP contribution is -2.73. The molecule has 7 aromatic rings. The zero-order valence-corrected chi connectivity index (χ0v) is 25.0. The molecule has 0 saturated heterocycles. The molecule has 2 aromatic heterocycles. The molecule has 0 bridgehead atoms. The topological polar surface area (TPSA) is 21.9 Å². The standard InChI is InChI=1S/C41H29N3O/c1-26-23-31(28-11-5-3-6-12-28)24-27(2)37(26)30-17-19-33-38-32(29-13-7-4-8-14-29)18-20-36-40(38)41(42(33)25-30)39-34(15-9-16-35(39)45-36)43-21-10-22-44(41)43/h3-25H,1-2H3/q+2. The quantitative estimate of drug-likeness (QED) is 0.193. The first-order valence-electron chi connectivity index (χ1n) is 15.5. The summed E-state index contributed by atoms with van der Waals surface area (Å²) in [4.78, 5) is 0. The Kier molecular flexibility index (Phi) is 4.76. The van der Waals surface area contributed by atoms with Crippen LogP contribution in [0.25, 0.3) is 50.3 Å². The van der Waals surface area contributed by atoms with Gasteiger partial charge >= 0.3 is 5.66 Å².